The van der Waals surface area contributed by atoms with Gasteiger partial charge >= 0.3 is 5.97 Å². The summed E-state index contributed by atoms with van der Waals surface area (Å²) in [6.45, 7) is 5.56. The third kappa shape index (κ3) is 5.60. The average Bonchev–Trinajstić information content (AvgIpc) is 2.00. The first-order valence-corrected chi connectivity index (χ1v) is 4.57. The van der Waals surface area contributed by atoms with E-state index in [1.54, 1.807) is 13.8 Å². The normalized spacial score (nSPS) is 17.8. The van der Waals surface area contributed by atoms with Gasteiger partial charge in [-0.05, 0) is 20.3 Å². The molecule has 0 aliphatic rings. The molecule has 3 N–H and O–H groups in total. The maximum atomic E-state index is 10.4. The zero-order valence-corrected chi connectivity index (χ0v) is 8.50. The number of aliphatic hydroxyl groups is 1. The van der Waals surface area contributed by atoms with Gasteiger partial charge in [0.25, 0.3) is 0 Å². The van der Waals surface area contributed by atoms with E-state index in [0.717, 1.165) is 6.42 Å². The number of carboxylic acids is 1. The zero-order chi connectivity index (χ0) is 10.5. The minimum Gasteiger partial charge on any atom is -0.480 e. The molecule has 0 saturated heterocycles. The monoisotopic (exact) mass is 189 g/mol. The van der Waals surface area contributed by atoms with Gasteiger partial charge < -0.3 is 15.5 Å². The third-order valence-electron chi connectivity index (χ3n) is 1.95. The average molecular weight is 189 g/mol. The van der Waals surface area contributed by atoms with Gasteiger partial charge in [-0.1, -0.05) is 13.3 Å². The molecule has 4 nitrogen and oxygen atoms in total. The van der Waals surface area contributed by atoms with Gasteiger partial charge in [-0.25, -0.2) is 0 Å². The van der Waals surface area contributed by atoms with Crippen molar-refractivity contribution in [1.82, 2.24) is 5.32 Å². The molecule has 78 valence electrons. The van der Waals surface area contributed by atoms with E-state index < -0.39 is 17.6 Å². The van der Waals surface area contributed by atoms with Crippen molar-refractivity contribution in [3.8, 4) is 0 Å². The number of hydrogen-bond acceptors (Lipinski definition) is 3. The molecule has 0 aromatic carbocycles. The van der Waals surface area contributed by atoms with Crippen LogP contribution in [0.5, 0.6) is 0 Å². The minimum atomic E-state index is -0.896. The highest BCUT2D eigenvalue weighted by Crippen LogP contribution is 2.10. The number of carboxylic acid groups (broad SMARTS) is 1. The summed E-state index contributed by atoms with van der Waals surface area (Å²) in [5, 5.41) is 21.0. The summed E-state index contributed by atoms with van der Waals surface area (Å²) in [5.41, 5.74) is -0.807. The molecule has 2 atom stereocenters. The molecule has 0 bridgehead atoms. The second-order valence-electron chi connectivity index (χ2n) is 3.69. The number of hydrogen-bond donors (Lipinski definition) is 3. The molecule has 0 aliphatic heterocycles. The van der Waals surface area contributed by atoms with Crippen molar-refractivity contribution in [2.24, 2.45) is 0 Å². The summed E-state index contributed by atoms with van der Waals surface area (Å²) in [6, 6.07) is -0.608. The van der Waals surface area contributed by atoms with E-state index in [2.05, 4.69) is 5.32 Å². The molecule has 0 spiro atoms. The van der Waals surface area contributed by atoms with E-state index in [1.165, 1.54) is 0 Å². The lowest BCUT2D eigenvalue weighted by Gasteiger charge is -2.24. The van der Waals surface area contributed by atoms with Gasteiger partial charge in [0.1, 0.15) is 6.04 Å². The number of nitrogens with one attached hydrogen (secondary N) is 1. The Bertz CT molecular complexity index is 168. The third-order valence-corrected chi connectivity index (χ3v) is 1.95. The van der Waals surface area contributed by atoms with Gasteiger partial charge in [0.05, 0.1) is 5.60 Å². The van der Waals surface area contributed by atoms with Crippen LogP contribution in [-0.4, -0.2) is 34.4 Å². The first kappa shape index (κ1) is 12.4. The molecular formula is C9H19NO3. The predicted octanol–water partition coefficient (Wildman–Crippen LogP) is 0.600. The van der Waals surface area contributed by atoms with E-state index in [-0.39, 0.29) is 0 Å². The number of rotatable bonds is 6. The molecule has 0 saturated carbocycles. The SMILES string of the molecule is CCCC(C)(O)CNC(C)C(=O)O. The summed E-state index contributed by atoms with van der Waals surface area (Å²) < 4.78 is 0. The van der Waals surface area contributed by atoms with Crippen LogP contribution in [0.15, 0.2) is 0 Å². The highest BCUT2D eigenvalue weighted by molar-refractivity contribution is 5.72. The van der Waals surface area contributed by atoms with Gasteiger partial charge in [-0.3, -0.25) is 4.79 Å². The summed E-state index contributed by atoms with van der Waals surface area (Å²) in [4.78, 5) is 10.4. The van der Waals surface area contributed by atoms with Crippen LogP contribution in [0, 0.1) is 0 Å². The van der Waals surface area contributed by atoms with E-state index in [0.29, 0.717) is 13.0 Å². The fraction of sp³-hybridized carbons (Fsp3) is 0.889. The lowest BCUT2D eigenvalue weighted by Crippen LogP contribution is -2.44. The Morgan fingerprint density at radius 1 is 1.62 bits per heavy atom. The molecule has 2 unspecified atom stereocenters. The Kier molecular flexibility index (Phi) is 4.95. The van der Waals surface area contributed by atoms with E-state index in [1.807, 2.05) is 6.92 Å². The van der Waals surface area contributed by atoms with Crippen molar-refractivity contribution < 1.29 is 15.0 Å². The summed E-state index contributed by atoms with van der Waals surface area (Å²) in [6.07, 6.45) is 1.56. The van der Waals surface area contributed by atoms with Crippen LogP contribution in [0.1, 0.15) is 33.6 Å². The van der Waals surface area contributed by atoms with Crippen LogP contribution >= 0.6 is 0 Å². The van der Waals surface area contributed by atoms with Crippen molar-refractivity contribution in [3.05, 3.63) is 0 Å². The molecule has 0 amide bonds. The van der Waals surface area contributed by atoms with Crippen LogP contribution < -0.4 is 5.32 Å². The highest BCUT2D eigenvalue weighted by Gasteiger charge is 2.21. The standard InChI is InChI=1S/C9H19NO3/c1-4-5-9(3,13)6-10-7(2)8(11)12/h7,10,13H,4-6H2,1-3H3,(H,11,12). The van der Waals surface area contributed by atoms with Crippen LogP contribution in [0.2, 0.25) is 0 Å². The van der Waals surface area contributed by atoms with Crippen molar-refractivity contribution in [1.29, 1.82) is 0 Å². The van der Waals surface area contributed by atoms with Crippen LogP contribution in [0.3, 0.4) is 0 Å². The Morgan fingerprint density at radius 2 is 2.15 bits per heavy atom. The van der Waals surface area contributed by atoms with Gasteiger partial charge in [0.2, 0.25) is 0 Å². The van der Waals surface area contributed by atoms with Crippen LogP contribution in [-0.2, 0) is 4.79 Å². The Labute approximate surface area is 79.0 Å². The molecule has 0 radical (unpaired) electrons. The largest absolute Gasteiger partial charge is 0.480 e. The number of aliphatic carboxylic acids is 1. The van der Waals surface area contributed by atoms with Crippen molar-refractivity contribution in [3.63, 3.8) is 0 Å². The summed E-state index contributed by atoms with van der Waals surface area (Å²) >= 11 is 0. The summed E-state index contributed by atoms with van der Waals surface area (Å²) in [7, 11) is 0. The van der Waals surface area contributed by atoms with Gasteiger partial charge in [-0.2, -0.15) is 0 Å². The number of carbonyl (C=O) groups is 1. The molecule has 0 aliphatic carbocycles. The topological polar surface area (TPSA) is 69.6 Å². The van der Waals surface area contributed by atoms with E-state index >= 15 is 0 Å². The molecule has 0 aromatic rings. The van der Waals surface area contributed by atoms with Crippen LogP contribution in [0.4, 0.5) is 0 Å². The minimum absolute atomic E-state index is 0.314. The molecular weight excluding hydrogens is 170 g/mol. The Hall–Kier alpha value is -0.610. The van der Waals surface area contributed by atoms with Crippen molar-refractivity contribution in [2.45, 2.75) is 45.3 Å². The molecule has 0 heterocycles. The Balaban J connectivity index is 3.80. The summed E-state index contributed by atoms with van der Waals surface area (Å²) in [5.74, 6) is -0.896. The second kappa shape index (κ2) is 5.19. The van der Waals surface area contributed by atoms with Gasteiger partial charge in [0, 0.05) is 6.54 Å². The Morgan fingerprint density at radius 3 is 2.54 bits per heavy atom. The zero-order valence-electron chi connectivity index (χ0n) is 8.50. The first-order valence-electron chi connectivity index (χ1n) is 4.57. The van der Waals surface area contributed by atoms with Crippen LogP contribution in [0.25, 0.3) is 0 Å². The molecule has 13 heavy (non-hydrogen) atoms. The van der Waals surface area contributed by atoms with Gasteiger partial charge in [-0.15, -0.1) is 0 Å². The highest BCUT2D eigenvalue weighted by atomic mass is 16.4. The fourth-order valence-electron chi connectivity index (χ4n) is 1.09. The molecule has 4 heteroatoms. The van der Waals surface area contributed by atoms with Crippen molar-refractivity contribution in [2.75, 3.05) is 6.54 Å². The maximum absolute atomic E-state index is 10.4. The fourth-order valence-corrected chi connectivity index (χ4v) is 1.09. The molecule has 0 aromatic heterocycles. The molecule has 0 fully saturated rings. The van der Waals surface area contributed by atoms with E-state index in [4.69, 9.17) is 5.11 Å². The van der Waals surface area contributed by atoms with Gasteiger partial charge in [0.15, 0.2) is 0 Å². The second-order valence-corrected chi connectivity index (χ2v) is 3.69. The first-order chi connectivity index (χ1) is 5.89. The maximum Gasteiger partial charge on any atom is 0.320 e. The molecule has 0 rings (SSSR count). The van der Waals surface area contributed by atoms with Crippen molar-refractivity contribution >= 4 is 5.97 Å². The quantitative estimate of drug-likeness (QED) is 0.572. The van der Waals surface area contributed by atoms with E-state index in [9.17, 15) is 9.90 Å². The lowest BCUT2D eigenvalue weighted by atomic mass is 10.0. The smallest absolute Gasteiger partial charge is 0.320 e. The predicted molar refractivity (Wildman–Crippen MR) is 50.6 cm³/mol. The lowest BCUT2D eigenvalue weighted by molar-refractivity contribution is -0.139.